The molecule has 0 unspecified atom stereocenters. The van der Waals surface area contributed by atoms with Crippen LogP contribution in [-0.2, 0) is 0 Å². The summed E-state index contributed by atoms with van der Waals surface area (Å²) in [5, 5.41) is 0. The third-order valence-corrected chi connectivity index (χ3v) is 2.00. The molecule has 2 aromatic rings. The van der Waals surface area contributed by atoms with E-state index in [1.165, 1.54) is 6.33 Å². The Morgan fingerprint density at radius 1 is 1.33 bits per heavy atom. The average molecular weight is 272 g/mol. The fourth-order valence-electron chi connectivity index (χ4n) is 0.893. The molecule has 0 aliphatic rings. The van der Waals surface area contributed by atoms with Crippen LogP contribution in [0.4, 0.5) is 0 Å². The summed E-state index contributed by atoms with van der Waals surface area (Å²) in [6, 6.07) is 5.59. The largest absolute Gasteiger partial charge is 0.463 e. The lowest BCUT2D eigenvalue weighted by atomic mass is 10.3. The Balaban J connectivity index is 2.48. The quantitative estimate of drug-likeness (QED) is 0.590. The molecule has 0 bridgehead atoms. The predicted molar refractivity (Wildman–Crippen MR) is 52.5 cm³/mol. The van der Waals surface area contributed by atoms with E-state index in [1.807, 2.05) is 18.2 Å². The van der Waals surface area contributed by atoms with Crippen molar-refractivity contribution in [1.29, 1.82) is 0 Å². The van der Waals surface area contributed by atoms with Gasteiger partial charge in [-0.25, -0.2) is 9.97 Å². The Kier molecular flexibility index (Phi) is 2.07. The van der Waals surface area contributed by atoms with E-state index < -0.39 is 0 Å². The Labute approximate surface area is 83.0 Å². The van der Waals surface area contributed by atoms with Crippen LogP contribution < -0.4 is 0 Å². The molecule has 12 heavy (non-hydrogen) atoms. The third-order valence-electron chi connectivity index (χ3n) is 1.41. The number of hydrogen-bond donors (Lipinski definition) is 0. The standard InChI is InChI=1S/C8H5IN2O/c9-8-4-6(10-5-11-8)7-2-1-3-12-7/h1-5H. The summed E-state index contributed by atoms with van der Waals surface area (Å²) in [4.78, 5) is 8.06. The first kappa shape index (κ1) is 7.72. The minimum Gasteiger partial charge on any atom is -0.463 e. The van der Waals surface area contributed by atoms with Crippen molar-refractivity contribution < 1.29 is 4.42 Å². The molecule has 0 amide bonds. The van der Waals surface area contributed by atoms with E-state index in [0.717, 1.165) is 15.2 Å². The van der Waals surface area contributed by atoms with Crippen molar-refractivity contribution in [2.45, 2.75) is 0 Å². The van der Waals surface area contributed by atoms with E-state index in [1.54, 1.807) is 6.26 Å². The minimum absolute atomic E-state index is 0.773. The lowest BCUT2D eigenvalue weighted by Crippen LogP contribution is -1.85. The second-order valence-electron chi connectivity index (χ2n) is 2.20. The van der Waals surface area contributed by atoms with Crippen LogP contribution in [0.25, 0.3) is 11.5 Å². The first-order chi connectivity index (χ1) is 5.86. The molecule has 0 aromatic carbocycles. The Hall–Kier alpha value is -0.910. The maximum absolute atomic E-state index is 5.18. The van der Waals surface area contributed by atoms with Crippen molar-refractivity contribution in [3.05, 3.63) is 34.5 Å². The van der Waals surface area contributed by atoms with Gasteiger partial charge in [-0.3, -0.25) is 0 Å². The Morgan fingerprint density at radius 2 is 2.25 bits per heavy atom. The van der Waals surface area contributed by atoms with Gasteiger partial charge in [-0.2, -0.15) is 0 Å². The molecule has 0 aliphatic heterocycles. The van der Waals surface area contributed by atoms with Crippen LogP contribution in [0, 0.1) is 3.70 Å². The topological polar surface area (TPSA) is 38.9 Å². The summed E-state index contributed by atoms with van der Waals surface area (Å²) in [7, 11) is 0. The fourth-order valence-corrected chi connectivity index (χ4v) is 1.31. The lowest BCUT2D eigenvalue weighted by molar-refractivity contribution is 0.579. The normalized spacial score (nSPS) is 10.1. The van der Waals surface area contributed by atoms with E-state index in [-0.39, 0.29) is 0 Å². The zero-order valence-corrected chi connectivity index (χ0v) is 8.22. The predicted octanol–water partition coefficient (Wildman–Crippen LogP) is 2.34. The Bertz CT molecular complexity index is 372. The van der Waals surface area contributed by atoms with Gasteiger partial charge in [0.05, 0.1) is 6.26 Å². The van der Waals surface area contributed by atoms with Crippen LogP contribution >= 0.6 is 22.6 Å². The lowest BCUT2D eigenvalue weighted by Gasteiger charge is -1.94. The fraction of sp³-hybridized carbons (Fsp3) is 0. The monoisotopic (exact) mass is 272 g/mol. The smallest absolute Gasteiger partial charge is 0.152 e. The van der Waals surface area contributed by atoms with Gasteiger partial charge >= 0.3 is 0 Å². The molecular formula is C8H5IN2O. The summed E-state index contributed by atoms with van der Waals surface area (Å²) >= 11 is 2.14. The molecule has 3 nitrogen and oxygen atoms in total. The zero-order chi connectivity index (χ0) is 8.39. The van der Waals surface area contributed by atoms with Crippen molar-refractivity contribution in [1.82, 2.24) is 9.97 Å². The molecule has 0 atom stereocenters. The number of nitrogens with zero attached hydrogens (tertiary/aromatic N) is 2. The van der Waals surface area contributed by atoms with E-state index in [2.05, 4.69) is 32.6 Å². The van der Waals surface area contributed by atoms with Gasteiger partial charge < -0.3 is 4.42 Å². The van der Waals surface area contributed by atoms with Gasteiger partial charge in [0.25, 0.3) is 0 Å². The molecular weight excluding hydrogens is 267 g/mol. The van der Waals surface area contributed by atoms with Crippen LogP contribution in [0.3, 0.4) is 0 Å². The zero-order valence-electron chi connectivity index (χ0n) is 6.07. The summed E-state index contributed by atoms with van der Waals surface area (Å²) in [6.07, 6.45) is 3.16. The highest BCUT2D eigenvalue weighted by Gasteiger charge is 2.01. The van der Waals surface area contributed by atoms with E-state index in [9.17, 15) is 0 Å². The minimum atomic E-state index is 0.773. The molecule has 0 aliphatic carbocycles. The first-order valence-corrected chi connectivity index (χ1v) is 4.45. The molecule has 0 N–H and O–H groups in total. The maximum atomic E-state index is 5.18. The SMILES string of the molecule is Ic1cc(-c2ccco2)ncn1. The number of aromatic nitrogens is 2. The molecule has 60 valence electrons. The Morgan fingerprint density at radius 3 is 2.92 bits per heavy atom. The molecule has 2 aromatic heterocycles. The number of rotatable bonds is 1. The molecule has 4 heteroatoms. The molecule has 2 heterocycles. The van der Waals surface area contributed by atoms with Crippen molar-refractivity contribution in [2.75, 3.05) is 0 Å². The highest BCUT2D eigenvalue weighted by atomic mass is 127. The third kappa shape index (κ3) is 1.47. The molecule has 0 saturated heterocycles. The van der Waals surface area contributed by atoms with Gasteiger partial charge in [0, 0.05) is 0 Å². The highest BCUT2D eigenvalue weighted by molar-refractivity contribution is 14.1. The van der Waals surface area contributed by atoms with Gasteiger partial charge in [0.15, 0.2) is 5.76 Å². The van der Waals surface area contributed by atoms with E-state index in [0.29, 0.717) is 0 Å². The summed E-state index contributed by atoms with van der Waals surface area (Å²) in [5.74, 6) is 0.773. The van der Waals surface area contributed by atoms with Crippen molar-refractivity contribution in [3.8, 4) is 11.5 Å². The van der Waals surface area contributed by atoms with Crippen molar-refractivity contribution >= 4 is 22.6 Å². The van der Waals surface area contributed by atoms with Gasteiger partial charge in [0.1, 0.15) is 15.7 Å². The molecule has 0 fully saturated rings. The average Bonchev–Trinajstić information content (AvgIpc) is 2.56. The number of halogens is 1. The highest BCUT2D eigenvalue weighted by Crippen LogP contribution is 2.17. The van der Waals surface area contributed by atoms with Crippen LogP contribution in [0.2, 0.25) is 0 Å². The van der Waals surface area contributed by atoms with E-state index in [4.69, 9.17) is 4.42 Å². The summed E-state index contributed by atoms with van der Waals surface area (Å²) in [5.41, 5.74) is 0.819. The molecule has 0 saturated carbocycles. The second kappa shape index (κ2) is 3.22. The number of furan rings is 1. The second-order valence-corrected chi connectivity index (χ2v) is 3.31. The van der Waals surface area contributed by atoms with Gasteiger partial charge in [0.2, 0.25) is 0 Å². The molecule has 0 radical (unpaired) electrons. The summed E-state index contributed by atoms with van der Waals surface area (Å²) < 4.78 is 6.09. The van der Waals surface area contributed by atoms with Crippen LogP contribution in [-0.4, -0.2) is 9.97 Å². The van der Waals surface area contributed by atoms with Gasteiger partial charge in [-0.05, 0) is 40.8 Å². The van der Waals surface area contributed by atoms with Crippen LogP contribution in [0.5, 0.6) is 0 Å². The molecule has 0 spiro atoms. The summed E-state index contributed by atoms with van der Waals surface area (Å²) in [6.45, 7) is 0. The maximum Gasteiger partial charge on any atom is 0.152 e. The van der Waals surface area contributed by atoms with Crippen LogP contribution in [0.15, 0.2) is 35.2 Å². The van der Waals surface area contributed by atoms with Crippen molar-refractivity contribution in [3.63, 3.8) is 0 Å². The van der Waals surface area contributed by atoms with E-state index >= 15 is 0 Å². The van der Waals surface area contributed by atoms with Crippen molar-refractivity contribution in [2.24, 2.45) is 0 Å². The molecule has 2 rings (SSSR count). The van der Waals surface area contributed by atoms with Crippen LogP contribution in [0.1, 0.15) is 0 Å². The first-order valence-electron chi connectivity index (χ1n) is 3.38. The number of hydrogen-bond acceptors (Lipinski definition) is 3. The van der Waals surface area contributed by atoms with Gasteiger partial charge in [-0.15, -0.1) is 0 Å². The van der Waals surface area contributed by atoms with Gasteiger partial charge in [-0.1, -0.05) is 0 Å².